The molecule has 1 aliphatic rings. The maximum absolute atomic E-state index is 13.7. The topological polar surface area (TPSA) is 83.9 Å². The predicted molar refractivity (Wildman–Crippen MR) is 131 cm³/mol. The molecule has 0 saturated heterocycles. The number of aliphatic hydroxyl groups is 1. The standard InChI is InChI=1S/C27H25F4NO5S/c1-26(34,27(29,30)31)20-8-14-24-19(15-20)7-11-22(16-25(33)37-17-18-5-3-2-4-6-18)32(24)38(35,36)23-12-9-21(28)10-13-23/h2-6,8-10,12-15,22,34H,7,11,16-17H2,1H3. The lowest BCUT2D eigenvalue weighted by Gasteiger charge is -2.38. The molecule has 0 amide bonds. The molecule has 1 N–H and O–H groups in total. The number of anilines is 1. The number of carbonyl (C=O) groups excluding carboxylic acids is 1. The number of esters is 1. The predicted octanol–water partition coefficient (Wildman–Crippen LogP) is 5.24. The van der Waals surface area contributed by atoms with Gasteiger partial charge in [-0.15, -0.1) is 0 Å². The monoisotopic (exact) mass is 551 g/mol. The van der Waals surface area contributed by atoms with Gasteiger partial charge in [0.2, 0.25) is 0 Å². The number of ether oxygens (including phenoxy) is 1. The highest BCUT2D eigenvalue weighted by Gasteiger charge is 2.51. The Hall–Kier alpha value is -3.44. The summed E-state index contributed by atoms with van der Waals surface area (Å²) in [7, 11) is -4.36. The summed E-state index contributed by atoms with van der Waals surface area (Å²) in [5.41, 5.74) is -2.52. The first-order chi connectivity index (χ1) is 17.8. The summed E-state index contributed by atoms with van der Waals surface area (Å²) in [6.07, 6.45) is -5.01. The summed E-state index contributed by atoms with van der Waals surface area (Å²) < 4.78 is 87.5. The lowest BCUT2D eigenvalue weighted by atomic mass is 9.89. The minimum Gasteiger partial charge on any atom is -0.461 e. The van der Waals surface area contributed by atoms with Crippen molar-refractivity contribution >= 4 is 21.7 Å². The Morgan fingerprint density at radius 3 is 2.34 bits per heavy atom. The van der Waals surface area contributed by atoms with Crippen molar-refractivity contribution in [2.24, 2.45) is 0 Å². The Morgan fingerprint density at radius 1 is 1.05 bits per heavy atom. The van der Waals surface area contributed by atoms with Crippen molar-refractivity contribution in [1.82, 2.24) is 0 Å². The Bertz CT molecular complexity index is 1410. The van der Waals surface area contributed by atoms with Gasteiger partial charge in [0.25, 0.3) is 10.0 Å². The number of fused-ring (bicyclic) bond motifs is 1. The van der Waals surface area contributed by atoms with Crippen LogP contribution in [0.15, 0.2) is 77.7 Å². The second kappa shape index (κ2) is 10.4. The molecule has 6 nitrogen and oxygen atoms in total. The van der Waals surface area contributed by atoms with E-state index < -0.39 is 45.2 Å². The highest BCUT2D eigenvalue weighted by Crippen LogP contribution is 2.43. The van der Waals surface area contributed by atoms with Crippen LogP contribution < -0.4 is 4.31 Å². The van der Waals surface area contributed by atoms with Gasteiger partial charge in [-0.2, -0.15) is 13.2 Å². The maximum Gasteiger partial charge on any atom is 0.421 e. The number of hydrogen-bond donors (Lipinski definition) is 1. The third-order valence-corrected chi connectivity index (χ3v) is 8.41. The molecular formula is C27H25F4NO5S. The Labute approximate surface area is 217 Å². The van der Waals surface area contributed by atoms with E-state index in [9.17, 15) is 35.9 Å². The summed E-state index contributed by atoms with van der Waals surface area (Å²) in [6.45, 7) is 0.611. The molecule has 3 aromatic carbocycles. The van der Waals surface area contributed by atoms with Crippen molar-refractivity contribution in [1.29, 1.82) is 0 Å². The zero-order valence-corrected chi connectivity index (χ0v) is 21.1. The van der Waals surface area contributed by atoms with Gasteiger partial charge < -0.3 is 9.84 Å². The normalized spacial score (nSPS) is 17.4. The van der Waals surface area contributed by atoms with Crippen LogP contribution in [0.3, 0.4) is 0 Å². The van der Waals surface area contributed by atoms with Crippen LogP contribution in [0.2, 0.25) is 0 Å². The lowest BCUT2D eigenvalue weighted by Crippen LogP contribution is -2.45. The molecular weight excluding hydrogens is 526 g/mol. The Kier molecular flexibility index (Phi) is 7.53. The summed E-state index contributed by atoms with van der Waals surface area (Å²) in [6, 6.07) is 15.4. The smallest absolute Gasteiger partial charge is 0.421 e. The van der Waals surface area contributed by atoms with Crippen molar-refractivity contribution in [2.45, 2.75) is 55.5 Å². The number of aryl methyl sites for hydroxylation is 1. The van der Waals surface area contributed by atoms with Gasteiger partial charge in [0.1, 0.15) is 12.4 Å². The molecule has 11 heteroatoms. The fourth-order valence-electron chi connectivity index (χ4n) is 4.32. The molecule has 202 valence electrons. The van der Waals surface area contributed by atoms with Crippen LogP contribution >= 0.6 is 0 Å². The molecule has 3 aromatic rings. The van der Waals surface area contributed by atoms with Crippen LogP contribution in [0.4, 0.5) is 23.2 Å². The number of benzene rings is 3. The zero-order valence-electron chi connectivity index (χ0n) is 20.3. The number of hydrogen-bond acceptors (Lipinski definition) is 5. The molecule has 1 heterocycles. The highest BCUT2D eigenvalue weighted by molar-refractivity contribution is 7.92. The molecule has 4 rings (SSSR count). The van der Waals surface area contributed by atoms with Gasteiger partial charge in [-0.3, -0.25) is 9.10 Å². The number of rotatable bonds is 7. The molecule has 2 atom stereocenters. The van der Waals surface area contributed by atoms with E-state index in [-0.39, 0.29) is 42.0 Å². The maximum atomic E-state index is 13.7. The lowest BCUT2D eigenvalue weighted by molar-refractivity contribution is -0.258. The van der Waals surface area contributed by atoms with E-state index in [1.807, 2.05) is 6.07 Å². The zero-order chi connectivity index (χ0) is 27.7. The number of carbonyl (C=O) groups is 1. The van der Waals surface area contributed by atoms with E-state index in [1.54, 1.807) is 24.3 Å². The number of alkyl halides is 3. The fourth-order valence-corrected chi connectivity index (χ4v) is 6.04. The van der Waals surface area contributed by atoms with Gasteiger partial charge in [-0.1, -0.05) is 42.5 Å². The molecule has 1 aliphatic heterocycles. The Morgan fingerprint density at radius 2 is 1.71 bits per heavy atom. The number of nitrogens with zero attached hydrogens (tertiary/aromatic N) is 1. The van der Waals surface area contributed by atoms with E-state index in [0.29, 0.717) is 6.92 Å². The molecule has 38 heavy (non-hydrogen) atoms. The van der Waals surface area contributed by atoms with E-state index in [2.05, 4.69) is 0 Å². The number of sulfonamides is 1. The van der Waals surface area contributed by atoms with Crippen LogP contribution in [0.25, 0.3) is 0 Å². The van der Waals surface area contributed by atoms with Gasteiger partial charge in [-0.25, -0.2) is 12.8 Å². The first-order valence-corrected chi connectivity index (χ1v) is 13.2. The molecule has 0 bridgehead atoms. The van der Waals surface area contributed by atoms with E-state index >= 15 is 0 Å². The SMILES string of the molecule is CC(O)(c1ccc2c(c1)CCC(CC(=O)OCc1ccccc1)N2S(=O)(=O)c1ccc(F)cc1)C(F)(F)F. The van der Waals surface area contributed by atoms with E-state index in [1.165, 1.54) is 6.07 Å². The molecule has 0 fully saturated rings. The van der Waals surface area contributed by atoms with Gasteiger partial charge in [0.05, 0.1) is 23.0 Å². The van der Waals surface area contributed by atoms with Crippen molar-refractivity contribution in [2.75, 3.05) is 4.31 Å². The summed E-state index contributed by atoms with van der Waals surface area (Å²) in [5.74, 6) is -1.30. The van der Waals surface area contributed by atoms with E-state index in [4.69, 9.17) is 4.74 Å². The van der Waals surface area contributed by atoms with Crippen LogP contribution in [-0.4, -0.2) is 31.7 Å². The van der Waals surface area contributed by atoms with Gasteiger partial charge in [0.15, 0.2) is 5.60 Å². The molecule has 0 aliphatic carbocycles. The van der Waals surface area contributed by atoms with Crippen LogP contribution in [0, 0.1) is 5.82 Å². The van der Waals surface area contributed by atoms with Crippen LogP contribution in [-0.2, 0) is 38.2 Å². The molecule has 0 radical (unpaired) electrons. The van der Waals surface area contributed by atoms with Gasteiger partial charge in [-0.05, 0) is 66.8 Å². The second-order valence-electron chi connectivity index (χ2n) is 9.21. The highest BCUT2D eigenvalue weighted by atomic mass is 32.2. The molecule has 2 unspecified atom stereocenters. The van der Waals surface area contributed by atoms with Gasteiger partial charge in [0, 0.05) is 0 Å². The van der Waals surface area contributed by atoms with Gasteiger partial charge >= 0.3 is 12.1 Å². The van der Waals surface area contributed by atoms with Crippen LogP contribution in [0.5, 0.6) is 0 Å². The summed E-state index contributed by atoms with van der Waals surface area (Å²) in [4.78, 5) is 12.4. The molecule has 0 saturated carbocycles. The quantitative estimate of drug-likeness (QED) is 0.321. The first kappa shape index (κ1) is 27.6. The Balaban J connectivity index is 1.69. The third-order valence-electron chi connectivity index (χ3n) is 6.52. The molecule has 0 aromatic heterocycles. The summed E-state index contributed by atoms with van der Waals surface area (Å²) >= 11 is 0. The molecule has 0 spiro atoms. The van der Waals surface area contributed by atoms with Crippen molar-refractivity contribution in [3.8, 4) is 0 Å². The van der Waals surface area contributed by atoms with Crippen molar-refractivity contribution in [3.63, 3.8) is 0 Å². The first-order valence-electron chi connectivity index (χ1n) is 11.7. The second-order valence-corrected chi connectivity index (χ2v) is 11.0. The minimum atomic E-state index is -4.96. The van der Waals surface area contributed by atoms with Crippen LogP contribution in [0.1, 0.15) is 36.5 Å². The van der Waals surface area contributed by atoms with E-state index in [0.717, 1.165) is 46.3 Å². The minimum absolute atomic E-state index is 0.0103. The van der Waals surface area contributed by atoms with Crippen molar-refractivity contribution in [3.05, 3.63) is 95.3 Å². The average Bonchev–Trinajstić information content (AvgIpc) is 2.87. The third kappa shape index (κ3) is 5.53. The van der Waals surface area contributed by atoms with Crippen molar-refractivity contribution < 1.29 is 40.6 Å². The average molecular weight is 552 g/mol. The fraction of sp³-hybridized carbons (Fsp3) is 0.296. The number of halogens is 4. The largest absolute Gasteiger partial charge is 0.461 e. The summed E-state index contributed by atoms with van der Waals surface area (Å²) in [5, 5.41) is 10.1.